The van der Waals surface area contributed by atoms with Crippen LogP contribution in [-0.2, 0) is 6.42 Å². The quantitative estimate of drug-likeness (QED) is 0.691. The highest BCUT2D eigenvalue weighted by atomic mass is 14.7. The molecule has 2 rings (SSSR count). The Balaban J connectivity index is 2.20. The normalized spacial score (nSPS) is 10.9. The molecule has 1 aromatic carbocycles. The molecule has 0 saturated carbocycles. The number of pyridine rings is 1. The van der Waals surface area contributed by atoms with Crippen molar-refractivity contribution in [3.63, 3.8) is 0 Å². The molecular weight excluding hydrogens is 194 g/mol. The van der Waals surface area contributed by atoms with Crippen LogP contribution in [0.5, 0.6) is 0 Å². The molecule has 16 heavy (non-hydrogen) atoms. The van der Waals surface area contributed by atoms with Gasteiger partial charge in [0.15, 0.2) is 0 Å². The van der Waals surface area contributed by atoms with Crippen molar-refractivity contribution in [3.05, 3.63) is 41.6 Å². The van der Waals surface area contributed by atoms with Gasteiger partial charge in [0.2, 0.25) is 0 Å². The number of benzene rings is 1. The Morgan fingerprint density at radius 3 is 2.75 bits per heavy atom. The minimum atomic E-state index is 1.09. The van der Waals surface area contributed by atoms with E-state index in [1.165, 1.54) is 36.6 Å². The number of rotatable bonds is 4. The van der Waals surface area contributed by atoms with E-state index in [1.54, 1.807) is 0 Å². The van der Waals surface area contributed by atoms with E-state index >= 15 is 0 Å². The molecule has 0 atom stereocenters. The van der Waals surface area contributed by atoms with Gasteiger partial charge in [0.05, 0.1) is 5.52 Å². The summed E-state index contributed by atoms with van der Waals surface area (Å²) in [5, 5.41) is 1.26. The van der Waals surface area contributed by atoms with Gasteiger partial charge in [0.25, 0.3) is 0 Å². The van der Waals surface area contributed by atoms with Gasteiger partial charge in [-0.25, -0.2) is 0 Å². The van der Waals surface area contributed by atoms with Crippen molar-refractivity contribution in [1.29, 1.82) is 0 Å². The minimum absolute atomic E-state index is 1.09. The van der Waals surface area contributed by atoms with Crippen molar-refractivity contribution < 1.29 is 0 Å². The molecule has 0 N–H and O–H groups in total. The van der Waals surface area contributed by atoms with Crippen molar-refractivity contribution in [1.82, 2.24) is 4.98 Å². The zero-order valence-electron chi connectivity index (χ0n) is 10.2. The number of fused-ring (bicyclic) bond motifs is 1. The Bertz CT molecular complexity index is 474. The Morgan fingerprint density at radius 1 is 1.06 bits per heavy atom. The molecule has 84 valence electrons. The third-order valence-corrected chi connectivity index (χ3v) is 2.96. The summed E-state index contributed by atoms with van der Waals surface area (Å²) in [7, 11) is 0. The van der Waals surface area contributed by atoms with Gasteiger partial charge < -0.3 is 0 Å². The number of hydrogen-bond acceptors (Lipinski definition) is 1. The van der Waals surface area contributed by atoms with Gasteiger partial charge in [-0.2, -0.15) is 0 Å². The van der Waals surface area contributed by atoms with Crippen LogP contribution in [0.25, 0.3) is 10.9 Å². The van der Waals surface area contributed by atoms with Crippen molar-refractivity contribution in [3.8, 4) is 0 Å². The van der Waals surface area contributed by atoms with Crippen LogP contribution < -0.4 is 0 Å². The fourth-order valence-electron chi connectivity index (χ4n) is 2.01. The highest BCUT2D eigenvalue weighted by Crippen LogP contribution is 2.16. The number of aryl methyl sites for hydroxylation is 2. The summed E-state index contributed by atoms with van der Waals surface area (Å²) >= 11 is 0. The third kappa shape index (κ3) is 2.60. The molecule has 0 aliphatic carbocycles. The number of hydrogen-bond donors (Lipinski definition) is 0. The molecule has 0 spiro atoms. The Hall–Kier alpha value is -1.37. The molecule has 1 aromatic heterocycles. The molecule has 0 unspecified atom stereocenters. The maximum absolute atomic E-state index is 4.51. The highest BCUT2D eigenvalue weighted by molar-refractivity contribution is 5.79. The predicted molar refractivity (Wildman–Crippen MR) is 69.7 cm³/mol. The fourth-order valence-corrected chi connectivity index (χ4v) is 2.01. The smallest absolute Gasteiger partial charge is 0.0705 e. The van der Waals surface area contributed by atoms with E-state index in [0.29, 0.717) is 0 Å². The Kier molecular flexibility index (Phi) is 3.55. The van der Waals surface area contributed by atoms with Crippen LogP contribution in [0.1, 0.15) is 37.4 Å². The molecule has 0 amide bonds. The first kappa shape index (κ1) is 11.1. The van der Waals surface area contributed by atoms with Crippen LogP contribution in [0, 0.1) is 6.92 Å². The van der Waals surface area contributed by atoms with Crippen LogP contribution >= 0.6 is 0 Å². The number of unbranched alkanes of at least 4 members (excludes halogenated alkanes) is 2. The number of aromatic nitrogens is 1. The van der Waals surface area contributed by atoms with Gasteiger partial charge in [-0.3, -0.25) is 4.98 Å². The summed E-state index contributed by atoms with van der Waals surface area (Å²) in [5.74, 6) is 0. The lowest BCUT2D eigenvalue weighted by Gasteiger charge is -2.03. The zero-order valence-corrected chi connectivity index (χ0v) is 10.2. The van der Waals surface area contributed by atoms with Gasteiger partial charge in [-0.15, -0.1) is 0 Å². The molecule has 0 aliphatic heterocycles. The second-order valence-corrected chi connectivity index (χ2v) is 4.44. The topological polar surface area (TPSA) is 12.9 Å². The van der Waals surface area contributed by atoms with Gasteiger partial charge in [-0.1, -0.05) is 31.9 Å². The molecule has 0 aliphatic rings. The van der Waals surface area contributed by atoms with Gasteiger partial charge in [0.1, 0.15) is 0 Å². The average molecular weight is 213 g/mol. The minimum Gasteiger partial charge on any atom is -0.253 e. The third-order valence-electron chi connectivity index (χ3n) is 2.96. The molecule has 1 heterocycles. The fraction of sp³-hybridized carbons (Fsp3) is 0.400. The summed E-state index contributed by atoms with van der Waals surface area (Å²) in [5.41, 5.74) is 3.64. The van der Waals surface area contributed by atoms with Crippen molar-refractivity contribution in [2.24, 2.45) is 0 Å². The maximum Gasteiger partial charge on any atom is 0.0705 e. The first-order valence-corrected chi connectivity index (χ1v) is 6.16. The Labute approximate surface area is 97.5 Å². The predicted octanol–water partition coefficient (Wildman–Crippen LogP) is 4.28. The SMILES string of the molecule is CCCCCc1ccc2nc(C)ccc2c1. The van der Waals surface area contributed by atoms with Gasteiger partial charge in [-0.05, 0) is 43.5 Å². The van der Waals surface area contributed by atoms with E-state index in [1.807, 2.05) is 6.92 Å². The lowest BCUT2D eigenvalue weighted by Crippen LogP contribution is -1.88. The van der Waals surface area contributed by atoms with E-state index < -0.39 is 0 Å². The standard InChI is InChI=1S/C15H19N/c1-3-4-5-6-13-8-10-15-14(11-13)9-7-12(2)16-15/h7-11H,3-6H2,1-2H3. The van der Waals surface area contributed by atoms with Crippen molar-refractivity contribution in [2.45, 2.75) is 39.5 Å². The van der Waals surface area contributed by atoms with Crippen LogP contribution in [-0.4, -0.2) is 4.98 Å². The van der Waals surface area contributed by atoms with E-state index in [-0.39, 0.29) is 0 Å². The lowest BCUT2D eigenvalue weighted by molar-refractivity contribution is 0.718. The van der Waals surface area contributed by atoms with E-state index in [4.69, 9.17) is 0 Å². The molecule has 0 saturated heterocycles. The largest absolute Gasteiger partial charge is 0.253 e. The van der Waals surface area contributed by atoms with Crippen LogP contribution in [0.3, 0.4) is 0 Å². The van der Waals surface area contributed by atoms with Crippen LogP contribution in [0.2, 0.25) is 0 Å². The van der Waals surface area contributed by atoms with E-state index in [9.17, 15) is 0 Å². The highest BCUT2D eigenvalue weighted by Gasteiger charge is 1.98. The second-order valence-electron chi connectivity index (χ2n) is 4.44. The molecule has 2 aromatic rings. The first-order valence-electron chi connectivity index (χ1n) is 6.16. The summed E-state index contributed by atoms with van der Waals surface area (Å²) < 4.78 is 0. The summed E-state index contributed by atoms with van der Waals surface area (Å²) in [6, 6.07) is 10.9. The monoisotopic (exact) mass is 213 g/mol. The van der Waals surface area contributed by atoms with Crippen LogP contribution in [0.4, 0.5) is 0 Å². The molecule has 0 fully saturated rings. The van der Waals surface area contributed by atoms with Crippen molar-refractivity contribution in [2.75, 3.05) is 0 Å². The van der Waals surface area contributed by atoms with E-state index in [0.717, 1.165) is 11.2 Å². The lowest BCUT2D eigenvalue weighted by atomic mass is 10.0. The summed E-state index contributed by atoms with van der Waals surface area (Å²) in [6.07, 6.45) is 5.09. The van der Waals surface area contributed by atoms with Crippen LogP contribution in [0.15, 0.2) is 30.3 Å². The number of nitrogens with zero attached hydrogens (tertiary/aromatic N) is 1. The molecule has 1 nitrogen and oxygen atoms in total. The second kappa shape index (κ2) is 5.11. The summed E-state index contributed by atoms with van der Waals surface area (Å²) in [4.78, 5) is 4.51. The van der Waals surface area contributed by atoms with Gasteiger partial charge >= 0.3 is 0 Å². The average Bonchev–Trinajstić information content (AvgIpc) is 2.29. The molecule has 0 bridgehead atoms. The molecule has 0 radical (unpaired) electrons. The summed E-state index contributed by atoms with van der Waals surface area (Å²) in [6.45, 7) is 4.28. The Morgan fingerprint density at radius 2 is 1.94 bits per heavy atom. The van der Waals surface area contributed by atoms with E-state index in [2.05, 4.69) is 42.2 Å². The molecular formula is C15H19N. The molecule has 1 heteroatoms. The maximum atomic E-state index is 4.51. The van der Waals surface area contributed by atoms with Gasteiger partial charge in [0, 0.05) is 11.1 Å². The first-order chi connectivity index (χ1) is 7.79. The zero-order chi connectivity index (χ0) is 11.4. The van der Waals surface area contributed by atoms with Crippen molar-refractivity contribution >= 4 is 10.9 Å².